The van der Waals surface area contributed by atoms with Crippen LogP contribution in [0, 0.1) is 12.3 Å². The summed E-state index contributed by atoms with van der Waals surface area (Å²) in [5, 5.41) is 3.84. The largest absolute Gasteiger partial charge is 0.481 e. The number of hydrogen-bond donors (Lipinski definition) is 1. The number of ether oxygens (including phenoxy) is 1. The molecule has 0 unspecified atom stereocenters. The van der Waals surface area contributed by atoms with Crippen molar-refractivity contribution in [3.8, 4) is 18.1 Å². The maximum atomic E-state index is 11.5. The highest BCUT2D eigenvalue weighted by Gasteiger charge is 2.05. The molecule has 0 radical (unpaired) electrons. The molecule has 5 nitrogen and oxygen atoms in total. The van der Waals surface area contributed by atoms with Gasteiger partial charge in [-0.1, -0.05) is 18.1 Å². The highest BCUT2D eigenvalue weighted by Crippen LogP contribution is 2.11. The van der Waals surface area contributed by atoms with E-state index >= 15 is 0 Å². The molecule has 100 valence electrons. The van der Waals surface area contributed by atoms with E-state index in [9.17, 15) is 4.79 Å². The first-order valence-corrected chi connectivity index (χ1v) is 5.83. The van der Waals surface area contributed by atoms with Gasteiger partial charge in [0.2, 0.25) is 0 Å². The van der Waals surface area contributed by atoms with Gasteiger partial charge in [0.05, 0.1) is 12.5 Å². The Morgan fingerprint density at radius 2 is 2.35 bits per heavy atom. The highest BCUT2D eigenvalue weighted by molar-refractivity contribution is 5.92. The van der Waals surface area contributed by atoms with E-state index in [1.807, 2.05) is 12.1 Å². The second-order valence-electron chi connectivity index (χ2n) is 3.74. The minimum absolute atomic E-state index is 0.202. The van der Waals surface area contributed by atoms with Crippen LogP contribution in [0.25, 0.3) is 0 Å². The molecule has 1 aromatic carbocycles. The molecule has 0 aliphatic carbocycles. The van der Waals surface area contributed by atoms with E-state index in [0.29, 0.717) is 5.75 Å². The second kappa shape index (κ2) is 6.81. The third-order valence-electron chi connectivity index (χ3n) is 2.30. The van der Waals surface area contributed by atoms with Crippen molar-refractivity contribution < 1.29 is 13.9 Å². The second-order valence-corrected chi connectivity index (χ2v) is 3.74. The summed E-state index contributed by atoms with van der Waals surface area (Å²) in [7, 11) is 0. The van der Waals surface area contributed by atoms with Gasteiger partial charge in [-0.05, 0) is 29.8 Å². The van der Waals surface area contributed by atoms with Crippen LogP contribution in [0.3, 0.4) is 0 Å². The number of carbonyl (C=O) groups excluding carboxylic acids is 1. The fourth-order valence-electron chi connectivity index (χ4n) is 1.44. The van der Waals surface area contributed by atoms with Gasteiger partial charge in [0.25, 0.3) is 0 Å². The Hall–Kier alpha value is -3.00. The number of nitrogens with zero attached hydrogens (tertiary/aromatic N) is 1. The molecule has 0 saturated carbocycles. The molecule has 0 saturated heterocycles. The van der Waals surface area contributed by atoms with E-state index in [-0.39, 0.29) is 12.4 Å². The van der Waals surface area contributed by atoms with Crippen LogP contribution in [-0.2, 0) is 0 Å². The van der Waals surface area contributed by atoms with Crippen molar-refractivity contribution in [3.05, 3.63) is 54.0 Å². The van der Waals surface area contributed by atoms with Gasteiger partial charge in [0.15, 0.2) is 5.76 Å². The Morgan fingerprint density at radius 1 is 1.45 bits per heavy atom. The maximum Gasteiger partial charge on any atom is 0.307 e. The lowest BCUT2D eigenvalue weighted by Crippen LogP contribution is -2.16. The minimum Gasteiger partial charge on any atom is -0.481 e. The van der Waals surface area contributed by atoms with E-state index in [1.165, 1.54) is 12.5 Å². The van der Waals surface area contributed by atoms with E-state index in [4.69, 9.17) is 15.6 Å². The molecule has 0 aliphatic heterocycles. The molecule has 2 aromatic rings. The van der Waals surface area contributed by atoms with Crippen LogP contribution in [0.5, 0.6) is 5.75 Å². The average Bonchev–Trinajstić information content (AvgIpc) is 3.00. The van der Waals surface area contributed by atoms with Gasteiger partial charge in [0, 0.05) is 0 Å². The topological polar surface area (TPSA) is 63.8 Å². The van der Waals surface area contributed by atoms with Crippen molar-refractivity contribution in [3.63, 3.8) is 0 Å². The summed E-state index contributed by atoms with van der Waals surface area (Å²) in [5.41, 5.74) is 3.14. The molecule has 1 heterocycles. The molecular formula is C15H12N2O3. The lowest BCUT2D eigenvalue weighted by atomic mass is 10.2. The molecule has 1 amide bonds. The van der Waals surface area contributed by atoms with Crippen molar-refractivity contribution >= 4 is 12.1 Å². The predicted octanol–water partition coefficient (Wildman–Crippen LogP) is 2.06. The zero-order chi connectivity index (χ0) is 14.2. The zero-order valence-electron chi connectivity index (χ0n) is 10.6. The van der Waals surface area contributed by atoms with E-state index in [0.717, 1.165) is 5.56 Å². The molecule has 0 atom stereocenters. The average molecular weight is 268 g/mol. The first-order valence-electron chi connectivity index (χ1n) is 5.83. The van der Waals surface area contributed by atoms with Crippen molar-refractivity contribution in [1.82, 2.24) is 5.43 Å². The van der Waals surface area contributed by atoms with Crippen LogP contribution >= 0.6 is 0 Å². The van der Waals surface area contributed by atoms with Gasteiger partial charge in [-0.3, -0.25) is 4.79 Å². The van der Waals surface area contributed by atoms with Crippen LogP contribution in [0.15, 0.2) is 52.2 Å². The highest BCUT2D eigenvalue weighted by atomic mass is 16.5. The molecule has 0 aliphatic rings. The van der Waals surface area contributed by atoms with Gasteiger partial charge >= 0.3 is 5.91 Å². The van der Waals surface area contributed by atoms with Crippen molar-refractivity contribution in [2.45, 2.75) is 0 Å². The number of rotatable bonds is 5. The quantitative estimate of drug-likeness (QED) is 0.513. The zero-order valence-corrected chi connectivity index (χ0v) is 10.6. The summed E-state index contributed by atoms with van der Waals surface area (Å²) in [5.74, 6) is 2.82. The summed E-state index contributed by atoms with van der Waals surface area (Å²) in [6.45, 7) is 0.204. The maximum absolute atomic E-state index is 11.5. The first-order chi connectivity index (χ1) is 9.79. The van der Waals surface area contributed by atoms with E-state index < -0.39 is 5.91 Å². The molecule has 5 heteroatoms. The lowest BCUT2D eigenvalue weighted by molar-refractivity contribution is 0.0927. The molecular weight excluding hydrogens is 256 g/mol. The third kappa shape index (κ3) is 3.75. The number of benzene rings is 1. The number of furan rings is 1. The fraction of sp³-hybridized carbons (Fsp3) is 0.0667. The van der Waals surface area contributed by atoms with Crippen molar-refractivity contribution in [2.24, 2.45) is 5.10 Å². The smallest absolute Gasteiger partial charge is 0.307 e. The number of hydrazone groups is 1. The number of nitrogens with one attached hydrogen (secondary N) is 1. The third-order valence-corrected chi connectivity index (χ3v) is 2.30. The molecule has 0 fully saturated rings. The number of hydrogen-bond acceptors (Lipinski definition) is 4. The summed E-state index contributed by atoms with van der Waals surface area (Å²) < 4.78 is 10.2. The Bertz CT molecular complexity index is 639. The normalized spacial score (nSPS) is 10.2. The van der Waals surface area contributed by atoms with Gasteiger partial charge in [0.1, 0.15) is 12.4 Å². The van der Waals surface area contributed by atoms with Crippen molar-refractivity contribution in [1.29, 1.82) is 0 Å². The molecule has 1 N–H and O–H groups in total. The molecule has 1 aromatic heterocycles. The lowest BCUT2D eigenvalue weighted by Gasteiger charge is -2.02. The first kappa shape index (κ1) is 13.4. The summed E-state index contributed by atoms with van der Waals surface area (Å²) in [6.07, 6.45) is 8.04. The summed E-state index contributed by atoms with van der Waals surface area (Å²) in [6, 6.07) is 10.4. The fourth-order valence-corrected chi connectivity index (χ4v) is 1.44. The van der Waals surface area contributed by atoms with Gasteiger partial charge in [-0.25, -0.2) is 5.43 Å². The van der Waals surface area contributed by atoms with Gasteiger partial charge in [-0.2, -0.15) is 5.10 Å². The standard InChI is InChI=1S/C15H12N2O3/c1-2-8-19-13-6-3-5-12(10-13)11-16-17-15(18)14-7-4-9-20-14/h1,3-7,9-11H,8H2,(H,17,18)/b16-11-. The van der Waals surface area contributed by atoms with Crippen LogP contribution < -0.4 is 10.2 Å². The Labute approximate surface area is 116 Å². The molecule has 20 heavy (non-hydrogen) atoms. The Balaban J connectivity index is 1.94. The Morgan fingerprint density at radius 3 is 3.10 bits per heavy atom. The summed E-state index contributed by atoms with van der Waals surface area (Å²) in [4.78, 5) is 11.5. The molecule has 0 spiro atoms. The van der Waals surface area contributed by atoms with Crippen LogP contribution in [0.2, 0.25) is 0 Å². The summed E-state index contributed by atoms with van der Waals surface area (Å²) >= 11 is 0. The monoisotopic (exact) mass is 268 g/mol. The number of amides is 1. The van der Waals surface area contributed by atoms with E-state index in [2.05, 4.69) is 16.4 Å². The van der Waals surface area contributed by atoms with E-state index in [1.54, 1.807) is 24.3 Å². The Kier molecular flexibility index (Phi) is 4.57. The number of terminal acetylenes is 1. The van der Waals surface area contributed by atoms with Gasteiger partial charge < -0.3 is 9.15 Å². The van der Waals surface area contributed by atoms with Crippen molar-refractivity contribution in [2.75, 3.05) is 6.61 Å². The molecule has 2 rings (SSSR count). The minimum atomic E-state index is -0.411. The van der Waals surface area contributed by atoms with Crippen LogP contribution in [0.1, 0.15) is 16.1 Å². The molecule has 0 bridgehead atoms. The van der Waals surface area contributed by atoms with Crippen LogP contribution in [-0.4, -0.2) is 18.7 Å². The predicted molar refractivity (Wildman–Crippen MR) is 74.5 cm³/mol. The van der Waals surface area contributed by atoms with Crippen LogP contribution in [0.4, 0.5) is 0 Å². The number of carbonyl (C=O) groups is 1. The SMILES string of the molecule is C#CCOc1cccc(/C=N\NC(=O)c2ccco2)c1. The van der Waals surface area contributed by atoms with Gasteiger partial charge in [-0.15, -0.1) is 6.42 Å².